The van der Waals surface area contributed by atoms with Gasteiger partial charge >= 0.3 is 0 Å². The second-order valence-electron chi connectivity index (χ2n) is 4.96. The maximum Gasteiger partial charge on any atom is 0.244 e. The summed E-state index contributed by atoms with van der Waals surface area (Å²) >= 11 is 7.55. The molecule has 0 aliphatic heterocycles. The average molecular weight is 348 g/mol. The van der Waals surface area contributed by atoms with E-state index >= 15 is 0 Å². The zero-order chi connectivity index (χ0) is 16.2. The van der Waals surface area contributed by atoms with E-state index in [9.17, 15) is 4.79 Å². The lowest BCUT2D eigenvalue weighted by atomic mass is 10.2. The Hall–Kier alpha value is -2.25. The molecule has 1 N–H and O–H groups in total. The number of nitrogens with zero attached hydrogens (tertiary/aromatic N) is 4. The fourth-order valence-electron chi connectivity index (χ4n) is 2.08. The number of nitrogens with one attached hydrogen (secondary N) is 1. The second kappa shape index (κ2) is 6.89. The Morgan fingerprint density at radius 3 is 3.00 bits per heavy atom. The van der Waals surface area contributed by atoms with Crippen molar-refractivity contribution < 1.29 is 4.79 Å². The molecule has 0 bridgehead atoms. The zero-order valence-corrected chi connectivity index (χ0v) is 13.9. The summed E-state index contributed by atoms with van der Waals surface area (Å²) in [5, 5.41) is 17.6. The summed E-state index contributed by atoms with van der Waals surface area (Å²) in [4.78, 5) is 14.4. The highest BCUT2D eigenvalue weighted by molar-refractivity contribution is 7.10. The third-order valence-corrected chi connectivity index (χ3v) is 4.46. The lowest BCUT2D eigenvalue weighted by Crippen LogP contribution is -2.30. The van der Waals surface area contributed by atoms with Crippen LogP contribution in [0.3, 0.4) is 0 Å². The van der Waals surface area contributed by atoms with E-state index in [1.165, 1.54) is 4.80 Å². The van der Waals surface area contributed by atoms with Crippen molar-refractivity contribution in [3.8, 4) is 11.4 Å². The Balaban J connectivity index is 1.63. The van der Waals surface area contributed by atoms with Crippen LogP contribution in [0.4, 0.5) is 0 Å². The number of aromatic nitrogens is 4. The number of carbonyl (C=O) groups is 1. The van der Waals surface area contributed by atoms with Gasteiger partial charge in [-0.1, -0.05) is 29.8 Å². The van der Waals surface area contributed by atoms with Crippen molar-refractivity contribution in [2.75, 3.05) is 0 Å². The van der Waals surface area contributed by atoms with Crippen LogP contribution in [0, 0.1) is 0 Å². The number of carbonyl (C=O) groups excluding carboxylic acids is 1. The predicted octanol–water partition coefficient (Wildman–Crippen LogP) is 2.93. The van der Waals surface area contributed by atoms with Crippen molar-refractivity contribution in [2.45, 2.75) is 19.5 Å². The Bertz CT molecular complexity index is 802. The van der Waals surface area contributed by atoms with Crippen molar-refractivity contribution >= 4 is 28.8 Å². The van der Waals surface area contributed by atoms with Crippen LogP contribution in [0.15, 0.2) is 41.8 Å². The molecule has 3 rings (SSSR count). The molecule has 0 radical (unpaired) electrons. The summed E-state index contributed by atoms with van der Waals surface area (Å²) in [6.07, 6.45) is 0. The van der Waals surface area contributed by atoms with E-state index in [-0.39, 0.29) is 18.5 Å². The fourth-order valence-corrected chi connectivity index (χ4v) is 3.00. The third kappa shape index (κ3) is 3.94. The molecule has 1 aromatic carbocycles. The number of amides is 1. The quantitative estimate of drug-likeness (QED) is 0.770. The van der Waals surface area contributed by atoms with E-state index in [1.54, 1.807) is 23.5 Å². The van der Waals surface area contributed by atoms with Crippen molar-refractivity contribution in [1.82, 2.24) is 25.5 Å². The molecular formula is C15H14ClN5OS. The maximum absolute atomic E-state index is 12.1. The summed E-state index contributed by atoms with van der Waals surface area (Å²) in [5.74, 6) is 0.271. The monoisotopic (exact) mass is 347 g/mol. The van der Waals surface area contributed by atoms with Gasteiger partial charge in [-0.2, -0.15) is 4.80 Å². The summed E-state index contributed by atoms with van der Waals surface area (Å²) in [7, 11) is 0. The first-order chi connectivity index (χ1) is 11.1. The highest BCUT2D eigenvalue weighted by Crippen LogP contribution is 2.19. The molecule has 0 spiro atoms. The smallest absolute Gasteiger partial charge is 0.244 e. The molecule has 3 aromatic rings. The lowest BCUT2D eigenvalue weighted by Gasteiger charge is -2.11. The van der Waals surface area contributed by atoms with Crippen LogP contribution in [0.2, 0.25) is 5.02 Å². The molecule has 6 nitrogen and oxygen atoms in total. The molecule has 0 saturated carbocycles. The van der Waals surface area contributed by atoms with E-state index in [4.69, 9.17) is 11.6 Å². The van der Waals surface area contributed by atoms with Gasteiger partial charge in [0.25, 0.3) is 0 Å². The largest absolute Gasteiger partial charge is 0.347 e. The van der Waals surface area contributed by atoms with Crippen LogP contribution < -0.4 is 5.32 Å². The van der Waals surface area contributed by atoms with Gasteiger partial charge in [0.1, 0.15) is 6.54 Å². The number of hydrogen-bond donors (Lipinski definition) is 1. The Morgan fingerprint density at radius 1 is 1.39 bits per heavy atom. The van der Waals surface area contributed by atoms with Crippen LogP contribution in [-0.2, 0) is 11.3 Å². The molecule has 0 saturated heterocycles. The Labute approximate surface area is 142 Å². The standard InChI is InChI=1S/C15H14ClN5OS/c1-10(13-6-3-7-23-13)17-14(22)9-21-19-15(18-20-21)11-4-2-5-12(16)8-11/h2-8,10H,9H2,1H3,(H,17,22)/t10-/m1/s1. The summed E-state index contributed by atoms with van der Waals surface area (Å²) in [6, 6.07) is 11.1. The van der Waals surface area contributed by atoms with Crippen molar-refractivity contribution in [1.29, 1.82) is 0 Å². The van der Waals surface area contributed by atoms with Gasteiger partial charge in [0.05, 0.1) is 6.04 Å². The topological polar surface area (TPSA) is 72.7 Å². The molecule has 23 heavy (non-hydrogen) atoms. The molecule has 2 heterocycles. The second-order valence-corrected chi connectivity index (χ2v) is 6.37. The van der Waals surface area contributed by atoms with E-state index in [0.717, 1.165) is 10.4 Å². The van der Waals surface area contributed by atoms with Gasteiger partial charge in [-0.3, -0.25) is 4.79 Å². The van der Waals surface area contributed by atoms with Gasteiger partial charge in [-0.25, -0.2) is 0 Å². The number of tetrazole rings is 1. The van der Waals surface area contributed by atoms with Gasteiger partial charge in [-0.05, 0) is 35.7 Å². The first kappa shape index (κ1) is 15.6. The summed E-state index contributed by atoms with van der Waals surface area (Å²) in [5.41, 5.74) is 0.760. The molecule has 1 atom stereocenters. The van der Waals surface area contributed by atoms with Crippen LogP contribution in [0.5, 0.6) is 0 Å². The van der Waals surface area contributed by atoms with E-state index < -0.39 is 0 Å². The van der Waals surface area contributed by atoms with Crippen molar-refractivity contribution in [2.24, 2.45) is 0 Å². The molecule has 8 heteroatoms. The van der Waals surface area contributed by atoms with Gasteiger partial charge in [0.15, 0.2) is 0 Å². The molecule has 0 fully saturated rings. The maximum atomic E-state index is 12.1. The molecular weight excluding hydrogens is 334 g/mol. The minimum Gasteiger partial charge on any atom is -0.347 e. The fraction of sp³-hybridized carbons (Fsp3) is 0.200. The highest BCUT2D eigenvalue weighted by Gasteiger charge is 2.13. The number of rotatable bonds is 5. The SMILES string of the molecule is C[C@@H](NC(=O)Cn1nnc(-c2cccc(Cl)c2)n1)c1cccs1. The lowest BCUT2D eigenvalue weighted by molar-refractivity contribution is -0.122. The normalized spacial score (nSPS) is 12.1. The molecule has 2 aromatic heterocycles. The van der Waals surface area contributed by atoms with E-state index in [0.29, 0.717) is 10.8 Å². The van der Waals surface area contributed by atoms with Crippen LogP contribution >= 0.6 is 22.9 Å². The first-order valence-electron chi connectivity index (χ1n) is 6.98. The number of benzene rings is 1. The zero-order valence-electron chi connectivity index (χ0n) is 12.3. The van der Waals surface area contributed by atoms with Gasteiger partial charge in [0.2, 0.25) is 11.7 Å². The van der Waals surface area contributed by atoms with Gasteiger partial charge < -0.3 is 5.32 Å². The molecule has 1 amide bonds. The van der Waals surface area contributed by atoms with Crippen LogP contribution in [-0.4, -0.2) is 26.1 Å². The van der Waals surface area contributed by atoms with Crippen LogP contribution in [0.25, 0.3) is 11.4 Å². The third-order valence-electron chi connectivity index (χ3n) is 3.17. The van der Waals surface area contributed by atoms with Crippen LogP contribution in [0.1, 0.15) is 17.8 Å². The summed E-state index contributed by atoms with van der Waals surface area (Å²) < 4.78 is 0. The molecule has 0 unspecified atom stereocenters. The first-order valence-corrected chi connectivity index (χ1v) is 8.24. The van der Waals surface area contributed by atoms with Crippen molar-refractivity contribution in [3.05, 3.63) is 51.7 Å². The van der Waals surface area contributed by atoms with E-state index in [1.807, 2.05) is 36.6 Å². The minimum absolute atomic E-state index is 0.0171. The summed E-state index contributed by atoms with van der Waals surface area (Å²) in [6.45, 7) is 1.96. The van der Waals surface area contributed by atoms with Gasteiger partial charge in [-0.15, -0.1) is 21.5 Å². The highest BCUT2D eigenvalue weighted by atomic mass is 35.5. The Kier molecular flexibility index (Phi) is 4.68. The van der Waals surface area contributed by atoms with Gasteiger partial charge in [0, 0.05) is 15.5 Å². The number of halogens is 1. The predicted molar refractivity (Wildman–Crippen MR) is 89.1 cm³/mol. The number of hydrogen-bond acceptors (Lipinski definition) is 5. The van der Waals surface area contributed by atoms with E-state index in [2.05, 4.69) is 20.7 Å². The molecule has 0 aliphatic carbocycles. The average Bonchev–Trinajstić information content (AvgIpc) is 3.18. The molecule has 118 valence electrons. The van der Waals surface area contributed by atoms with Crippen molar-refractivity contribution in [3.63, 3.8) is 0 Å². The minimum atomic E-state index is -0.166. The Morgan fingerprint density at radius 2 is 2.26 bits per heavy atom. The number of thiophene rings is 1. The molecule has 0 aliphatic rings.